The van der Waals surface area contributed by atoms with Gasteiger partial charge in [-0.15, -0.1) is 12.4 Å². The zero-order valence-electron chi connectivity index (χ0n) is 22.2. The number of rotatable bonds is 6. The van der Waals surface area contributed by atoms with E-state index in [0.29, 0.717) is 59.9 Å². The molecule has 0 aliphatic carbocycles. The zero-order valence-corrected chi connectivity index (χ0v) is 23.0. The number of alkyl halides is 3. The highest BCUT2D eigenvalue weighted by Gasteiger charge is 2.30. The molecule has 1 atom stereocenters. The number of amides is 2. The Morgan fingerprint density at radius 3 is 2.45 bits per heavy atom. The Morgan fingerprint density at radius 1 is 1.07 bits per heavy atom. The molecule has 1 saturated heterocycles. The first-order valence-electron chi connectivity index (χ1n) is 13.0. The second-order valence-corrected chi connectivity index (χ2v) is 9.55. The van der Waals surface area contributed by atoms with Crippen LogP contribution in [0.3, 0.4) is 0 Å². The monoisotopic (exact) mass is 600 g/mol. The number of nitrogens with one attached hydrogen (secondary N) is 2. The molecular formula is C30H28ClF3N4O4. The Morgan fingerprint density at radius 2 is 1.79 bits per heavy atom. The van der Waals surface area contributed by atoms with Crippen LogP contribution in [-0.2, 0) is 26.9 Å². The van der Waals surface area contributed by atoms with Crippen LogP contribution in [0.15, 0.2) is 79.0 Å². The van der Waals surface area contributed by atoms with E-state index in [4.69, 9.17) is 4.74 Å². The van der Waals surface area contributed by atoms with Crippen molar-refractivity contribution in [3.05, 3.63) is 101 Å². The van der Waals surface area contributed by atoms with E-state index >= 15 is 0 Å². The highest BCUT2D eigenvalue weighted by Crippen LogP contribution is 2.32. The van der Waals surface area contributed by atoms with Gasteiger partial charge < -0.3 is 25.4 Å². The molecule has 0 radical (unpaired) electrons. The number of halogens is 4. The predicted octanol–water partition coefficient (Wildman–Crippen LogP) is 4.84. The molecule has 2 aliphatic rings. The molecule has 0 spiro atoms. The van der Waals surface area contributed by atoms with E-state index < -0.39 is 29.7 Å². The number of benzene rings is 2. The predicted molar refractivity (Wildman–Crippen MR) is 156 cm³/mol. The highest BCUT2D eigenvalue weighted by molar-refractivity contribution is 6.03. The van der Waals surface area contributed by atoms with Crippen LogP contribution in [-0.4, -0.2) is 54.3 Å². The van der Waals surface area contributed by atoms with Crippen LogP contribution in [0.1, 0.15) is 22.3 Å². The number of allylic oxidation sites excluding steroid dienone is 2. The standard InChI is InChI=1S/C30H27F3N4O4.ClH/c31-30(32,33)21-10-7-19(8-11-21)22(20-9-12-27(34-18-20)37-13-15-41-16-14-37)3-1-6-28(39)35-24-4-2-5-25-23(24)17-26(38)29(40)36-25;/h1-12,18,26,38H,13-17H2,(H,35,39)(H,36,40);1H. The average Bonchev–Trinajstić information content (AvgIpc) is 2.97. The molecule has 3 heterocycles. The summed E-state index contributed by atoms with van der Waals surface area (Å²) in [5.41, 5.74) is 2.56. The second-order valence-electron chi connectivity index (χ2n) is 9.55. The van der Waals surface area contributed by atoms with Gasteiger partial charge in [-0.05, 0) is 47.5 Å². The number of hydrogen-bond donors (Lipinski definition) is 3. The fourth-order valence-electron chi connectivity index (χ4n) is 4.67. The van der Waals surface area contributed by atoms with Gasteiger partial charge in [0.05, 0.1) is 18.8 Å². The Balaban J connectivity index is 0.00000405. The number of nitrogens with zero attached hydrogens (tertiary/aromatic N) is 2. The molecule has 0 bridgehead atoms. The molecular weight excluding hydrogens is 573 g/mol. The summed E-state index contributed by atoms with van der Waals surface area (Å²) in [6.45, 7) is 2.63. The van der Waals surface area contributed by atoms with E-state index in [1.54, 1.807) is 30.5 Å². The topological polar surface area (TPSA) is 104 Å². The van der Waals surface area contributed by atoms with Gasteiger partial charge in [0, 0.05) is 54.3 Å². The number of fused-ring (bicyclic) bond motifs is 1. The minimum absolute atomic E-state index is 0. The lowest BCUT2D eigenvalue weighted by molar-refractivity contribution is -0.137. The van der Waals surface area contributed by atoms with Gasteiger partial charge in [-0.3, -0.25) is 9.59 Å². The molecule has 2 aromatic carbocycles. The summed E-state index contributed by atoms with van der Waals surface area (Å²) in [7, 11) is 0. The number of anilines is 3. The molecule has 42 heavy (non-hydrogen) atoms. The van der Waals surface area contributed by atoms with Crippen LogP contribution in [0.25, 0.3) is 5.57 Å². The molecule has 3 N–H and O–H groups in total. The number of aliphatic hydroxyl groups is 1. The van der Waals surface area contributed by atoms with Crippen molar-refractivity contribution in [3.8, 4) is 0 Å². The first kappa shape index (κ1) is 30.8. The van der Waals surface area contributed by atoms with Crippen molar-refractivity contribution in [2.45, 2.75) is 18.7 Å². The molecule has 1 unspecified atom stereocenters. The Labute approximate surface area is 246 Å². The summed E-state index contributed by atoms with van der Waals surface area (Å²) in [5.74, 6) is -0.200. The lowest BCUT2D eigenvalue weighted by atomic mass is 9.97. The van der Waals surface area contributed by atoms with Gasteiger partial charge in [0.2, 0.25) is 5.91 Å². The van der Waals surface area contributed by atoms with E-state index in [1.165, 1.54) is 24.3 Å². The van der Waals surface area contributed by atoms with Gasteiger partial charge in [0.1, 0.15) is 11.9 Å². The molecule has 5 rings (SSSR count). The van der Waals surface area contributed by atoms with Crippen molar-refractivity contribution in [2.75, 3.05) is 41.8 Å². The van der Waals surface area contributed by atoms with Crippen molar-refractivity contribution >= 4 is 47.0 Å². The van der Waals surface area contributed by atoms with Crippen molar-refractivity contribution < 1.29 is 32.6 Å². The maximum Gasteiger partial charge on any atom is 0.416 e. The van der Waals surface area contributed by atoms with Gasteiger partial charge in [-0.25, -0.2) is 4.98 Å². The first-order valence-corrected chi connectivity index (χ1v) is 13.0. The number of carbonyl (C=O) groups excluding carboxylic acids is 2. The molecule has 2 amide bonds. The summed E-state index contributed by atoms with van der Waals surface area (Å²) in [4.78, 5) is 31.1. The quantitative estimate of drug-likeness (QED) is 0.276. The van der Waals surface area contributed by atoms with E-state index in [1.807, 2.05) is 12.1 Å². The number of aliphatic hydroxyl groups excluding tert-OH is 1. The first-order chi connectivity index (χ1) is 19.7. The number of morpholine rings is 1. The lowest BCUT2D eigenvalue weighted by Gasteiger charge is -2.27. The van der Waals surface area contributed by atoms with Gasteiger partial charge in [0.15, 0.2) is 0 Å². The van der Waals surface area contributed by atoms with Crippen LogP contribution in [0.2, 0.25) is 0 Å². The van der Waals surface area contributed by atoms with Crippen LogP contribution < -0.4 is 15.5 Å². The van der Waals surface area contributed by atoms with Crippen LogP contribution >= 0.6 is 12.4 Å². The average molecular weight is 601 g/mol. The number of pyridine rings is 1. The number of carbonyl (C=O) groups is 2. The molecule has 1 fully saturated rings. The fraction of sp³-hybridized carbons (Fsp3) is 0.233. The third-order valence-electron chi connectivity index (χ3n) is 6.82. The molecule has 220 valence electrons. The largest absolute Gasteiger partial charge is 0.416 e. The number of aromatic nitrogens is 1. The summed E-state index contributed by atoms with van der Waals surface area (Å²) in [6, 6.07) is 13.5. The summed E-state index contributed by atoms with van der Waals surface area (Å²) in [5, 5.41) is 15.3. The molecule has 12 heteroatoms. The third-order valence-corrected chi connectivity index (χ3v) is 6.82. The Hall–Kier alpha value is -4.19. The smallest absolute Gasteiger partial charge is 0.383 e. The van der Waals surface area contributed by atoms with Crippen LogP contribution in [0, 0.1) is 0 Å². The molecule has 8 nitrogen and oxygen atoms in total. The zero-order chi connectivity index (χ0) is 29.0. The van der Waals surface area contributed by atoms with Crippen molar-refractivity contribution in [3.63, 3.8) is 0 Å². The van der Waals surface area contributed by atoms with E-state index in [2.05, 4.69) is 20.5 Å². The molecule has 1 aromatic heterocycles. The minimum Gasteiger partial charge on any atom is -0.383 e. The van der Waals surface area contributed by atoms with E-state index in [-0.39, 0.29) is 18.8 Å². The summed E-state index contributed by atoms with van der Waals surface area (Å²) in [6.07, 6.45) is 0.467. The summed E-state index contributed by atoms with van der Waals surface area (Å²) < 4.78 is 44.8. The lowest BCUT2D eigenvalue weighted by Crippen LogP contribution is -2.36. The van der Waals surface area contributed by atoms with Crippen molar-refractivity contribution in [1.29, 1.82) is 0 Å². The molecule has 0 saturated carbocycles. The SMILES string of the molecule is Cl.O=C(C=CC=C(c1ccc(C(F)(F)F)cc1)c1ccc(N2CCOCC2)nc1)Nc1cccc2c1CC(O)C(=O)N2. The molecule has 2 aliphatic heterocycles. The van der Waals surface area contributed by atoms with Gasteiger partial charge in [0.25, 0.3) is 5.91 Å². The summed E-state index contributed by atoms with van der Waals surface area (Å²) >= 11 is 0. The van der Waals surface area contributed by atoms with Gasteiger partial charge in [-0.1, -0.05) is 30.4 Å². The van der Waals surface area contributed by atoms with E-state index in [9.17, 15) is 27.9 Å². The Kier molecular flexibility index (Phi) is 9.66. The van der Waals surface area contributed by atoms with Crippen LogP contribution in [0.4, 0.5) is 30.4 Å². The second kappa shape index (κ2) is 13.2. The number of ether oxygens (including phenoxy) is 1. The number of hydrogen-bond acceptors (Lipinski definition) is 6. The van der Waals surface area contributed by atoms with Crippen molar-refractivity contribution in [1.82, 2.24) is 4.98 Å². The van der Waals surface area contributed by atoms with Crippen LogP contribution in [0.5, 0.6) is 0 Å². The Bertz CT molecular complexity index is 1490. The van der Waals surface area contributed by atoms with Gasteiger partial charge >= 0.3 is 6.18 Å². The van der Waals surface area contributed by atoms with Gasteiger partial charge in [-0.2, -0.15) is 13.2 Å². The van der Waals surface area contributed by atoms with E-state index in [0.717, 1.165) is 18.0 Å². The normalized spacial score (nSPS) is 17.3. The highest BCUT2D eigenvalue weighted by atomic mass is 35.5. The fourth-order valence-corrected chi connectivity index (χ4v) is 4.67. The molecule has 3 aromatic rings. The van der Waals surface area contributed by atoms with Crippen molar-refractivity contribution in [2.24, 2.45) is 0 Å². The maximum absolute atomic E-state index is 13.2. The minimum atomic E-state index is -4.46. The third kappa shape index (κ3) is 7.17. The maximum atomic E-state index is 13.2.